The number of aryl methyl sites for hydroxylation is 2. The summed E-state index contributed by atoms with van der Waals surface area (Å²) in [6.45, 7) is 4.52. The lowest BCUT2D eigenvalue weighted by atomic mass is 10.0. The Morgan fingerprint density at radius 3 is 1.79 bits per heavy atom. The van der Waals surface area contributed by atoms with Crippen LogP contribution in [0, 0.1) is 0 Å². The van der Waals surface area contributed by atoms with Crippen molar-refractivity contribution >= 4 is 12.6 Å². The summed E-state index contributed by atoms with van der Waals surface area (Å²) in [5, 5.41) is 0. The van der Waals surface area contributed by atoms with E-state index in [9.17, 15) is 0 Å². The maximum Gasteiger partial charge on any atom is 0.160 e. The zero-order valence-corrected chi connectivity index (χ0v) is 18.8. The summed E-state index contributed by atoms with van der Waals surface area (Å²) in [6, 6.07) is 6.53. The summed E-state index contributed by atoms with van der Waals surface area (Å²) >= 11 is 4.70. The summed E-state index contributed by atoms with van der Waals surface area (Å²) in [7, 11) is 0. The maximum absolute atomic E-state index is 4.70. The van der Waals surface area contributed by atoms with Gasteiger partial charge in [0.15, 0.2) is 5.82 Å². The van der Waals surface area contributed by atoms with Crippen LogP contribution in [-0.4, -0.2) is 9.97 Å². The second-order valence-electron chi connectivity index (χ2n) is 7.95. The van der Waals surface area contributed by atoms with Crippen LogP contribution in [0.3, 0.4) is 0 Å². The highest BCUT2D eigenvalue weighted by Crippen LogP contribution is 2.25. The second kappa shape index (κ2) is 13.8. The molecule has 0 radical (unpaired) electrons. The predicted molar refractivity (Wildman–Crippen MR) is 124 cm³/mol. The van der Waals surface area contributed by atoms with Crippen LogP contribution in [0.2, 0.25) is 0 Å². The molecule has 0 N–H and O–H groups in total. The van der Waals surface area contributed by atoms with Crippen molar-refractivity contribution < 1.29 is 0 Å². The van der Waals surface area contributed by atoms with E-state index in [1.54, 1.807) is 0 Å². The molecule has 2 aromatic rings. The second-order valence-corrected chi connectivity index (χ2v) is 8.43. The molecule has 0 atom stereocenters. The van der Waals surface area contributed by atoms with Crippen LogP contribution in [0.1, 0.15) is 95.6 Å². The largest absolute Gasteiger partial charge is 0.236 e. The first-order valence-corrected chi connectivity index (χ1v) is 11.8. The average Bonchev–Trinajstić information content (AvgIpc) is 2.71. The molecular formula is C25H38N2S. The van der Waals surface area contributed by atoms with E-state index < -0.39 is 0 Å². The van der Waals surface area contributed by atoms with Crippen molar-refractivity contribution in [3.05, 3.63) is 41.7 Å². The van der Waals surface area contributed by atoms with Gasteiger partial charge in [-0.05, 0) is 48.9 Å². The van der Waals surface area contributed by atoms with Gasteiger partial charge in [0.05, 0.1) is 0 Å². The highest BCUT2D eigenvalue weighted by molar-refractivity contribution is 7.80. The number of nitrogens with zero attached hydrogens (tertiary/aromatic N) is 2. The average molecular weight is 399 g/mol. The molecule has 154 valence electrons. The maximum atomic E-state index is 4.70. The summed E-state index contributed by atoms with van der Waals surface area (Å²) in [4.78, 5) is 10.2. The zero-order valence-electron chi connectivity index (χ0n) is 17.9. The van der Waals surface area contributed by atoms with Gasteiger partial charge in [0.1, 0.15) is 0 Å². The third-order valence-electron chi connectivity index (χ3n) is 5.40. The van der Waals surface area contributed by atoms with Crippen LogP contribution in [0.5, 0.6) is 0 Å². The summed E-state index contributed by atoms with van der Waals surface area (Å²) in [5.74, 6) is 0.784. The first kappa shape index (κ1) is 22.9. The van der Waals surface area contributed by atoms with E-state index in [1.165, 1.54) is 81.8 Å². The molecule has 0 amide bonds. The van der Waals surface area contributed by atoms with E-state index >= 15 is 0 Å². The molecule has 0 saturated heterocycles. The molecule has 3 heteroatoms. The van der Waals surface area contributed by atoms with Gasteiger partial charge in [-0.1, -0.05) is 77.7 Å². The molecule has 1 heterocycles. The molecule has 1 aromatic heterocycles. The third kappa shape index (κ3) is 8.34. The van der Waals surface area contributed by atoms with Gasteiger partial charge < -0.3 is 0 Å². The van der Waals surface area contributed by atoms with Crippen LogP contribution >= 0.6 is 12.6 Å². The summed E-state index contributed by atoms with van der Waals surface area (Å²) in [5.41, 5.74) is 3.64. The summed E-state index contributed by atoms with van der Waals surface area (Å²) < 4.78 is 0. The van der Waals surface area contributed by atoms with Crippen LogP contribution < -0.4 is 0 Å². The predicted octanol–water partition coefficient (Wildman–Crippen LogP) is 7.85. The van der Waals surface area contributed by atoms with Crippen molar-refractivity contribution in [1.29, 1.82) is 0 Å². The van der Waals surface area contributed by atoms with Crippen LogP contribution in [0.15, 0.2) is 35.5 Å². The number of hydrogen-bond acceptors (Lipinski definition) is 3. The monoisotopic (exact) mass is 398 g/mol. The molecule has 0 saturated carbocycles. The fourth-order valence-corrected chi connectivity index (χ4v) is 3.93. The van der Waals surface area contributed by atoms with Crippen molar-refractivity contribution in [2.24, 2.45) is 0 Å². The number of rotatable bonds is 14. The molecule has 2 rings (SSSR count). The van der Waals surface area contributed by atoms with E-state index in [0.717, 1.165) is 29.1 Å². The van der Waals surface area contributed by atoms with Gasteiger partial charge in [-0.2, -0.15) is 0 Å². The van der Waals surface area contributed by atoms with Crippen LogP contribution in [-0.2, 0) is 12.8 Å². The molecule has 0 bridgehead atoms. The lowest BCUT2D eigenvalue weighted by Crippen LogP contribution is -1.95. The number of unbranched alkanes of at least 4 members (excludes halogenated alkanes) is 9. The molecule has 28 heavy (non-hydrogen) atoms. The Balaban J connectivity index is 1.82. The minimum Gasteiger partial charge on any atom is -0.236 e. The minimum absolute atomic E-state index is 0.784. The molecular weight excluding hydrogens is 360 g/mol. The Labute approximate surface area is 178 Å². The van der Waals surface area contributed by atoms with Gasteiger partial charge in [-0.3, -0.25) is 0 Å². The lowest BCUT2D eigenvalue weighted by molar-refractivity contribution is 0.607. The lowest BCUT2D eigenvalue weighted by Gasteiger charge is -2.08. The number of hydrogen-bond donors (Lipinski definition) is 1. The first-order chi connectivity index (χ1) is 13.7. The highest BCUT2D eigenvalue weighted by atomic mass is 32.1. The third-order valence-corrected chi connectivity index (χ3v) is 5.77. The fourth-order valence-electron chi connectivity index (χ4n) is 3.59. The quantitative estimate of drug-likeness (QED) is 0.259. The van der Waals surface area contributed by atoms with Crippen molar-refractivity contribution in [2.75, 3.05) is 0 Å². The number of benzene rings is 1. The van der Waals surface area contributed by atoms with Gasteiger partial charge in [0.25, 0.3) is 0 Å². The Morgan fingerprint density at radius 1 is 0.679 bits per heavy atom. The Hall–Kier alpha value is -1.35. The summed E-state index contributed by atoms with van der Waals surface area (Å²) in [6.07, 6.45) is 20.7. The Morgan fingerprint density at radius 2 is 1.21 bits per heavy atom. The number of thiol groups is 1. The van der Waals surface area contributed by atoms with Gasteiger partial charge in [0, 0.05) is 22.9 Å². The normalized spacial score (nSPS) is 11.1. The van der Waals surface area contributed by atoms with E-state index in [-0.39, 0.29) is 0 Å². The minimum atomic E-state index is 0.784. The molecule has 0 spiro atoms. The first-order valence-electron chi connectivity index (χ1n) is 11.4. The smallest absolute Gasteiger partial charge is 0.160 e. The standard InChI is InChI=1S/C25H38N2S/c1-3-5-7-9-11-13-15-22-19-26-25(27-20-22)23-17-16-21(18-24(23)28)14-12-10-8-6-4-2/h16-20,28H,3-15H2,1-2H3. The molecule has 0 aliphatic heterocycles. The van der Waals surface area contributed by atoms with Crippen LogP contribution in [0.25, 0.3) is 11.4 Å². The van der Waals surface area contributed by atoms with E-state index in [0.29, 0.717) is 0 Å². The SMILES string of the molecule is CCCCCCCCc1cnc(-c2ccc(CCCCCCC)cc2S)nc1. The topological polar surface area (TPSA) is 25.8 Å². The molecule has 0 fully saturated rings. The van der Waals surface area contributed by atoms with E-state index in [1.807, 2.05) is 12.4 Å². The Bertz CT molecular complexity index is 667. The molecule has 1 aromatic carbocycles. The fraction of sp³-hybridized carbons (Fsp3) is 0.600. The molecule has 2 nitrogen and oxygen atoms in total. The van der Waals surface area contributed by atoms with Gasteiger partial charge >= 0.3 is 0 Å². The van der Waals surface area contributed by atoms with Gasteiger partial charge in [-0.25, -0.2) is 9.97 Å². The molecule has 0 aliphatic carbocycles. The van der Waals surface area contributed by atoms with Crippen molar-refractivity contribution in [2.45, 2.75) is 102 Å². The molecule has 0 aliphatic rings. The van der Waals surface area contributed by atoms with Crippen molar-refractivity contribution in [3.8, 4) is 11.4 Å². The van der Waals surface area contributed by atoms with Crippen LogP contribution in [0.4, 0.5) is 0 Å². The van der Waals surface area contributed by atoms with E-state index in [2.05, 4.69) is 42.0 Å². The van der Waals surface area contributed by atoms with Gasteiger partial charge in [0.2, 0.25) is 0 Å². The van der Waals surface area contributed by atoms with E-state index in [4.69, 9.17) is 12.6 Å². The highest BCUT2D eigenvalue weighted by Gasteiger charge is 2.07. The zero-order chi connectivity index (χ0) is 20.0. The Kier molecular flexibility index (Phi) is 11.3. The van der Waals surface area contributed by atoms with Gasteiger partial charge in [-0.15, -0.1) is 12.6 Å². The number of aromatic nitrogens is 2. The van der Waals surface area contributed by atoms with Crippen molar-refractivity contribution in [3.63, 3.8) is 0 Å². The van der Waals surface area contributed by atoms with Crippen molar-refractivity contribution in [1.82, 2.24) is 9.97 Å². The molecule has 0 unspecified atom stereocenters.